The van der Waals surface area contributed by atoms with Gasteiger partial charge in [-0.3, -0.25) is 0 Å². The molecule has 11 rings (SSSR count). The Bertz CT molecular complexity index is 3260. The lowest BCUT2D eigenvalue weighted by Crippen LogP contribution is -1.92. The summed E-state index contributed by atoms with van der Waals surface area (Å²) in [6.45, 7) is 0. The van der Waals surface area contributed by atoms with Crippen LogP contribution in [0, 0.1) is 0 Å². The fourth-order valence-corrected chi connectivity index (χ4v) is 8.80. The van der Waals surface area contributed by atoms with Gasteiger partial charge in [0, 0.05) is 0 Å². The molecule has 0 saturated carbocycles. The quantitative estimate of drug-likeness (QED) is 0.128. The maximum absolute atomic E-state index is 2.43. The second kappa shape index (κ2) is 12.3. The van der Waals surface area contributed by atoms with Gasteiger partial charge in [0.05, 0.1) is 0 Å². The van der Waals surface area contributed by atoms with Crippen LogP contribution in [0.15, 0.2) is 206 Å². The minimum Gasteiger partial charge on any atom is -0.0616 e. The summed E-state index contributed by atoms with van der Waals surface area (Å²) in [6, 6.07) is 76.2. The molecule has 11 aromatic rings. The molecule has 0 atom stereocenters. The lowest BCUT2D eigenvalue weighted by atomic mass is 9.84. The van der Waals surface area contributed by atoms with Gasteiger partial charge in [0.25, 0.3) is 0 Å². The molecule has 0 spiro atoms. The number of benzene rings is 11. The Labute approximate surface area is 314 Å². The highest BCUT2D eigenvalue weighted by molar-refractivity contribution is 6.22. The van der Waals surface area contributed by atoms with Crippen molar-refractivity contribution in [2.75, 3.05) is 0 Å². The van der Waals surface area contributed by atoms with Crippen LogP contribution >= 0.6 is 0 Å². The van der Waals surface area contributed by atoms with Crippen molar-refractivity contribution in [2.45, 2.75) is 0 Å². The van der Waals surface area contributed by atoms with Crippen LogP contribution in [0.2, 0.25) is 0 Å². The van der Waals surface area contributed by atoms with Crippen LogP contribution in [0.5, 0.6) is 0 Å². The topological polar surface area (TPSA) is 0 Å². The third-order valence-corrected chi connectivity index (χ3v) is 11.4. The van der Waals surface area contributed by atoms with E-state index in [9.17, 15) is 0 Å². The van der Waals surface area contributed by atoms with Gasteiger partial charge >= 0.3 is 0 Å². The van der Waals surface area contributed by atoms with Crippen molar-refractivity contribution >= 4 is 64.6 Å². The molecule has 0 aliphatic rings. The summed E-state index contributed by atoms with van der Waals surface area (Å²) in [4.78, 5) is 0. The average Bonchev–Trinajstić information content (AvgIpc) is 3.25. The molecule has 54 heavy (non-hydrogen) atoms. The molecule has 0 aromatic heterocycles. The lowest BCUT2D eigenvalue weighted by molar-refractivity contribution is 1.63. The Balaban J connectivity index is 1.15. The summed E-state index contributed by atoms with van der Waals surface area (Å²) in [5.41, 5.74) is 9.91. The minimum atomic E-state index is 1.21. The van der Waals surface area contributed by atoms with Crippen LogP contribution in [0.4, 0.5) is 0 Å². The number of fused-ring (bicyclic) bond motifs is 7. The smallest absolute Gasteiger partial charge is 0.00261 e. The van der Waals surface area contributed by atoms with Crippen molar-refractivity contribution < 1.29 is 0 Å². The van der Waals surface area contributed by atoms with Crippen LogP contribution in [-0.4, -0.2) is 0 Å². The van der Waals surface area contributed by atoms with E-state index in [0.717, 1.165) is 0 Å². The van der Waals surface area contributed by atoms with Crippen molar-refractivity contribution in [1.29, 1.82) is 0 Å². The first-order chi connectivity index (χ1) is 26.8. The molecule has 11 aromatic carbocycles. The Hall–Kier alpha value is -7.02. The van der Waals surface area contributed by atoms with Crippen molar-refractivity contribution in [3.05, 3.63) is 206 Å². The number of hydrogen-bond donors (Lipinski definition) is 0. The predicted molar refractivity (Wildman–Crippen MR) is 233 cm³/mol. The number of hydrogen-bond acceptors (Lipinski definition) is 0. The highest BCUT2D eigenvalue weighted by atomic mass is 14.2. The van der Waals surface area contributed by atoms with E-state index in [1.165, 1.54) is 109 Å². The van der Waals surface area contributed by atoms with Gasteiger partial charge in [0.15, 0.2) is 0 Å². The van der Waals surface area contributed by atoms with E-state index in [1.807, 2.05) is 0 Å². The molecule has 0 aliphatic carbocycles. The Morgan fingerprint density at radius 2 is 0.630 bits per heavy atom. The summed E-state index contributed by atoms with van der Waals surface area (Å²) in [5, 5.41) is 15.2. The van der Waals surface area contributed by atoms with Gasteiger partial charge in [0.2, 0.25) is 0 Å². The van der Waals surface area contributed by atoms with Gasteiger partial charge in [-0.2, -0.15) is 0 Å². The molecule has 0 aliphatic heterocycles. The molecule has 0 heteroatoms. The van der Waals surface area contributed by atoms with Gasteiger partial charge < -0.3 is 0 Å². The van der Waals surface area contributed by atoms with Crippen LogP contribution in [0.3, 0.4) is 0 Å². The van der Waals surface area contributed by atoms with Crippen LogP contribution < -0.4 is 0 Å². The fourth-order valence-electron chi connectivity index (χ4n) is 8.80. The largest absolute Gasteiger partial charge is 0.0616 e. The summed E-state index contributed by atoms with van der Waals surface area (Å²) in [6.07, 6.45) is 0. The Kier molecular flexibility index (Phi) is 6.97. The number of rotatable bonds is 4. The monoisotopic (exact) mass is 682 g/mol. The van der Waals surface area contributed by atoms with Crippen LogP contribution in [0.1, 0.15) is 0 Å². The van der Waals surface area contributed by atoms with Gasteiger partial charge in [-0.25, -0.2) is 0 Å². The van der Waals surface area contributed by atoms with E-state index in [4.69, 9.17) is 0 Å². The van der Waals surface area contributed by atoms with Crippen molar-refractivity contribution in [1.82, 2.24) is 0 Å². The molecular formula is C54H34. The van der Waals surface area contributed by atoms with E-state index in [2.05, 4.69) is 206 Å². The third kappa shape index (κ3) is 4.92. The molecule has 0 bridgehead atoms. The Morgan fingerprint density at radius 3 is 1.35 bits per heavy atom. The molecular weight excluding hydrogens is 649 g/mol. The van der Waals surface area contributed by atoms with Crippen molar-refractivity contribution in [3.63, 3.8) is 0 Å². The van der Waals surface area contributed by atoms with Gasteiger partial charge in [-0.15, -0.1) is 0 Å². The first-order valence-corrected chi connectivity index (χ1v) is 18.7. The lowest BCUT2D eigenvalue weighted by Gasteiger charge is -2.19. The van der Waals surface area contributed by atoms with Gasteiger partial charge in [-0.05, 0) is 127 Å². The van der Waals surface area contributed by atoms with E-state index >= 15 is 0 Å². The summed E-state index contributed by atoms with van der Waals surface area (Å²) < 4.78 is 0. The van der Waals surface area contributed by atoms with Crippen LogP contribution in [0.25, 0.3) is 109 Å². The molecule has 250 valence electrons. The van der Waals surface area contributed by atoms with E-state index in [1.54, 1.807) is 0 Å². The van der Waals surface area contributed by atoms with Gasteiger partial charge in [0.1, 0.15) is 0 Å². The first-order valence-electron chi connectivity index (χ1n) is 18.7. The zero-order valence-corrected chi connectivity index (χ0v) is 29.6. The average molecular weight is 683 g/mol. The third-order valence-electron chi connectivity index (χ3n) is 11.4. The zero-order chi connectivity index (χ0) is 35.6. The SMILES string of the molecule is c1ccc2cc(-c3ccc4c(-c5ccc6ccccc6c5)c5ccccc5c(-c5ccc(-c6cccc7c6ccc6ccccc67)cc5)c4c3)ccc2c1. The van der Waals surface area contributed by atoms with Crippen LogP contribution in [-0.2, 0) is 0 Å². The normalized spacial score (nSPS) is 11.7. The maximum atomic E-state index is 2.43. The molecule has 0 amide bonds. The molecule has 0 unspecified atom stereocenters. The summed E-state index contributed by atoms with van der Waals surface area (Å²) >= 11 is 0. The second-order valence-electron chi connectivity index (χ2n) is 14.4. The zero-order valence-electron chi connectivity index (χ0n) is 29.6. The van der Waals surface area contributed by atoms with E-state index < -0.39 is 0 Å². The molecule has 0 heterocycles. The highest BCUT2D eigenvalue weighted by Crippen LogP contribution is 2.46. The summed E-state index contributed by atoms with van der Waals surface area (Å²) in [7, 11) is 0. The molecule has 0 saturated heterocycles. The molecule has 0 fully saturated rings. The van der Waals surface area contributed by atoms with E-state index in [-0.39, 0.29) is 0 Å². The standard InChI is InChI=1S/C54H34/c1-3-13-40-32-42(26-20-35(40)10-1)43-29-31-51-52(34-43)53(49-16-7-8-17-50(49)54(51)44-27-21-36-11-2-4-14-41(36)33-44)39-24-22-38(23-25-39)46-18-9-19-47-45-15-6-5-12-37(45)28-30-48(46)47/h1-34H. The highest BCUT2D eigenvalue weighted by Gasteiger charge is 2.18. The van der Waals surface area contributed by atoms with Crippen molar-refractivity contribution in [2.24, 2.45) is 0 Å². The van der Waals surface area contributed by atoms with Crippen molar-refractivity contribution in [3.8, 4) is 44.5 Å². The minimum absolute atomic E-state index is 1.21. The first kappa shape index (κ1) is 30.6. The molecule has 0 radical (unpaired) electrons. The summed E-state index contributed by atoms with van der Waals surface area (Å²) in [5.74, 6) is 0. The molecule has 0 nitrogen and oxygen atoms in total. The second-order valence-corrected chi connectivity index (χ2v) is 14.4. The molecule has 0 N–H and O–H groups in total. The maximum Gasteiger partial charge on any atom is -0.00261 e. The fraction of sp³-hybridized carbons (Fsp3) is 0. The van der Waals surface area contributed by atoms with E-state index in [0.29, 0.717) is 0 Å². The van der Waals surface area contributed by atoms with Gasteiger partial charge in [-0.1, -0.05) is 188 Å². The Morgan fingerprint density at radius 1 is 0.185 bits per heavy atom. The predicted octanol–water partition coefficient (Wildman–Crippen LogP) is 15.3.